The number of pyridine rings is 1. The number of amides is 2. The van der Waals surface area contributed by atoms with Gasteiger partial charge in [0, 0.05) is 31.0 Å². The van der Waals surface area contributed by atoms with Crippen LogP contribution in [0, 0.1) is 5.41 Å². The monoisotopic (exact) mass is 524 g/mol. The van der Waals surface area contributed by atoms with Gasteiger partial charge in [-0.25, -0.2) is 4.79 Å². The number of aromatic nitrogens is 1. The number of nitrogens with one attached hydrogen (secondary N) is 4. The van der Waals surface area contributed by atoms with E-state index in [1.165, 1.54) is 7.11 Å². The maximum absolute atomic E-state index is 13.1. The van der Waals surface area contributed by atoms with E-state index in [1.54, 1.807) is 60.9 Å². The number of hydrogen-bond donors (Lipinski definition) is 5. The van der Waals surface area contributed by atoms with Gasteiger partial charge in [0.15, 0.2) is 0 Å². The van der Waals surface area contributed by atoms with Crippen molar-refractivity contribution >= 4 is 36.0 Å². The Morgan fingerprint density at radius 2 is 1.49 bits per heavy atom. The lowest BCUT2D eigenvalue weighted by molar-refractivity contribution is -0.127. The van der Waals surface area contributed by atoms with E-state index in [-0.39, 0.29) is 30.7 Å². The zero-order chi connectivity index (χ0) is 25.9. The summed E-state index contributed by atoms with van der Waals surface area (Å²) in [6.07, 6.45) is 3.28. The molecule has 6 N–H and O–H groups in total. The van der Waals surface area contributed by atoms with Crippen LogP contribution in [0.3, 0.4) is 0 Å². The Kier molecular flexibility index (Phi) is 11.2. The van der Waals surface area contributed by atoms with Gasteiger partial charge in [-0.2, -0.15) is 0 Å². The second kappa shape index (κ2) is 14.3. The maximum atomic E-state index is 13.1. The van der Waals surface area contributed by atoms with Gasteiger partial charge in [-0.1, -0.05) is 36.4 Å². The Labute approximate surface area is 220 Å². The molecular weight excluding hydrogens is 496 g/mol. The van der Waals surface area contributed by atoms with Gasteiger partial charge in [-0.3, -0.25) is 25.3 Å². The molecule has 3 rings (SSSR count). The molecule has 0 bridgehead atoms. The summed E-state index contributed by atoms with van der Waals surface area (Å²) in [4.78, 5) is 41.0. The van der Waals surface area contributed by atoms with Crippen molar-refractivity contribution in [2.75, 3.05) is 13.7 Å². The third-order valence-corrected chi connectivity index (χ3v) is 5.36. The molecule has 11 heteroatoms. The predicted octanol–water partition coefficient (Wildman–Crippen LogP) is 1.84. The van der Waals surface area contributed by atoms with Crippen LogP contribution in [0.25, 0.3) is 0 Å². The predicted molar refractivity (Wildman–Crippen MR) is 141 cm³/mol. The van der Waals surface area contributed by atoms with Gasteiger partial charge in [-0.05, 0) is 41.0 Å². The van der Waals surface area contributed by atoms with Gasteiger partial charge in [0.05, 0.1) is 19.2 Å². The summed E-state index contributed by atoms with van der Waals surface area (Å²) in [5.41, 5.74) is 8.84. The van der Waals surface area contributed by atoms with Gasteiger partial charge < -0.3 is 21.1 Å². The lowest BCUT2D eigenvalue weighted by Crippen LogP contribution is -2.42. The van der Waals surface area contributed by atoms with E-state index >= 15 is 0 Å². The Balaban J connectivity index is 0.00000481. The molecule has 2 amide bonds. The van der Waals surface area contributed by atoms with Crippen molar-refractivity contribution in [3.63, 3.8) is 0 Å². The molecule has 1 aromatic heterocycles. The highest BCUT2D eigenvalue weighted by molar-refractivity contribution is 5.95. The number of nitrogens with zero attached hydrogens (tertiary/aromatic N) is 1. The van der Waals surface area contributed by atoms with Crippen LogP contribution in [0.15, 0.2) is 73.1 Å². The highest BCUT2D eigenvalue weighted by Gasteiger charge is 2.21. The van der Waals surface area contributed by atoms with E-state index in [1.807, 2.05) is 12.1 Å². The van der Waals surface area contributed by atoms with E-state index < -0.39 is 17.9 Å². The van der Waals surface area contributed by atoms with E-state index in [2.05, 4.69) is 20.9 Å². The minimum absolute atomic E-state index is 0. The topological polar surface area (TPSA) is 159 Å². The molecule has 0 saturated heterocycles. The van der Waals surface area contributed by atoms with E-state index in [0.717, 1.165) is 11.1 Å². The highest BCUT2D eigenvalue weighted by Crippen LogP contribution is 2.16. The van der Waals surface area contributed by atoms with Crippen molar-refractivity contribution in [2.45, 2.75) is 19.1 Å². The Morgan fingerprint density at radius 1 is 0.892 bits per heavy atom. The van der Waals surface area contributed by atoms with Crippen molar-refractivity contribution in [3.05, 3.63) is 101 Å². The van der Waals surface area contributed by atoms with Crippen LogP contribution in [0.5, 0.6) is 0 Å². The number of carbonyl (C=O) groups excluding carboxylic acids is 3. The van der Waals surface area contributed by atoms with Crippen LogP contribution in [0.2, 0.25) is 0 Å². The van der Waals surface area contributed by atoms with Crippen LogP contribution in [0.1, 0.15) is 38.7 Å². The zero-order valence-corrected chi connectivity index (χ0v) is 21.0. The SMILES string of the molecule is COC(=O)c1ccc(C(NCc2ccc(C(=N)N)cc2)C(=O)NCC(=O)NCc2ccncc2)cc1.Cl. The summed E-state index contributed by atoms with van der Waals surface area (Å²) < 4.78 is 4.73. The Morgan fingerprint density at radius 3 is 2.08 bits per heavy atom. The molecular formula is C26H29ClN6O4. The number of carbonyl (C=O) groups is 3. The second-order valence-corrected chi connectivity index (χ2v) is 7.89. The fourth-order valence-electron chi connectivity index (χ4n) is 3.35. The second-order valence-electron chi connectivity index (χ2n) is 7.89. The van der Waals surface area contributed by atoms with Crippen molar-refractivity contribution in [1.82, 2.24) is 20.9 Å². The molecule has 0 aliphatic rings. The number of halogens is 1. The third kappa shape index (κ3) is 8.71. The number of amidine groups is 1. The van der Waals surface area contributed by atoms with E-state index in [4.69, 9.17) is 15.9 Å². The summed E-state index contributed by atoms with van der Waals surface area (Å²) in [5.74, 6) is -1.24. The number of hydrogen-bond acceptors (Lipinski definition) is 7. The molecule has 0 fully saturated rings. The summed E-state index contributed by atoms with van der Waals surface area (Å²) in [5, 5.41) is 16.1. The fraction of sp³-hybridized carbons (Fsp3) is 0.192. The zero-order valence-electron chi connectivity index (χ0n) is 20.2. The number of methoxy groups -OCH3 is 1. The average Bonchev–Trinajstić information content (AvgIpc) is 2.91. The fourth-order valence-corrected chi connectivity index (χ4v) is 3.35. The van der Waals surface area contributed by atoms with Crippen molar-refractivity contribution < 1.29 is 19.1 Å². The first kappa shape index (κ1) is 29.0. The van der Waals surface area contributed by atoms with Crippen molar-refractivity contribution in [1.29, 1.82) is 5.41 Å². The number of rotatable bonds is 11. The van der Waals surface area contributed by atoms with Crippen LogP contribution < -0.4 is 21.7 Å². The van der Waals surface area contributed by atoms with Crippen molar-refractivity contribution in [3.8, 4) is 0 Å². The molecule has 194 valence electrons. The first-order chi connectivity index (χ1) is 17.4. The highest BCUT2D eigenvalue weighted by atomic mass is 35.5. The third-order valence-electron chi connectivity index (χ3n) is 5.36. The molecule has 0 aliphatic carbocycles. The Hall–Kier alpha value is -4.28. The molecule has 10 nitrogen and oxygen atoms in total. The van der Waals surface area contributed by atoms with Crippen LogP contribution in [-0.2, 0) is 27.4 Å². The van der Waals surface area contributed by atoms with Crippen LogP contribution in [0.4, 0.5) is 0 Å². The van der Waals surface area contributed by atoms with Crippen LogP contribution in [-0.4, -0.2) is 42.3 Å². The molecule has 1 atom stereocenters. The quantitative estimate of drug-likeness (QED) is 0.145. The standard InChI is InChI=1S/C26H28N6O4.ClH/c1-36-26(35)21-8-6-19(7-9-21)23(31-15-17-2-4-20(5-3-17)24(27)28)25(34)32-16-22(33)30-14-18-10-12-29-13-11-18;/h2-13,23,31H,14-16H2,1H3,(H3,27,28)(H,30,33)(H,32,34);1H. The number of benzene rings is 2. The molecule has 37 heavy (non-hydrogen) atoms. The van der Waals surface area contributed by atoms with Gasteiger partial charge in [-0.15, -0.1) is 12.4 Å². The lowest BCUT2D eigenvalue weighted by Gasteiger charge is -2.19. The maximum Gasteiger partial charge on any atom is 0.337 e. The number of esters is 1. The molecule has 3 aromatic rings. The van der Waals surface area contributed by atoms with Crippen molar-refractivity contribution in [2.24, 2.45) is 5.73 Å². The summed E-state index contributed by atoms with van der Waals surface area (Å²) in [7, 11) is 1.30. The van der Waals surface area contributed by atoms with Gasteiger partial charge >= 0.3 is 5.97 Å². The summed E-state index contributed by atoms with van der Waals surface area (Å²) in [6, 6.07) is 16.3. The molecule has 2 aromatic carbocycles. The largest absolute Gasteiger partial charge is 0.465 e. The number of nitrogen functional groups attached to an aromatic ring is 1. The van der Waals surface area contributed by atoms with Gasteiger partial charge in [0.2, 0.25) is 11.8 Å². The first-order valence-electron chi connectivity index (χ1n) is 11.2. The lowest BCUT2D eigenvalue weighted by atomic mass is 10.0. The summed E-state index contributed by atoms with van der Waals surface area (Å²) in [6.45, 7) is 0.461. The van der Waals surface area contributed by atoms with E-state index in [0.29, 0.717) is 29.8 Å². The molecule has 0 radical (unpaired) electrons. The molecule has 1 heterocycles. The average molecular weight is 525 g/mol. The molecule has 0 aliphatic heterocycles. The molecule has 1 unspecified atom stereocenters. The number of nitrogens with two attached hydrogens (primary N) is 1. The first-order valence-corrected chi connectivity index (χ1v) is 11.2. The van der Waals surface area contributed by atoms with Gasteiger partial charge in [0.1, 0.15) is 11.9 Å². The van der Waals surface area contributed by atoms with Gasteiger partial charge in [0.25, 0.3) is 0 Å². The molecule has 0 spiro atoms. The smallest absolute Gasteiger partial charge is 0.337 e. The Bertz CT molecular complexity index is 1200. The number of ether oxygens (including phenoxy) is 1. The minimum atomic E-state index is -0.794. The normalized spacial score (nSPS) is 10.9. The minimum Gasteiger partial charge on any atom is -0.465 e. The van der Waals surface area contributed by atoms with Crippen LogP contribution >= 0.6 is 12.4 Å². The van der Waals surface area contributed by atoms with E-state index in [9.17, 15) is 14.4 Å². The molecule has 0 saturated carbocycles. The summed E-state index contributed by atoms with van der Waals surface area (Å²) >= 11 is 0.